The molecule has 0 aliphatic rings. The molecule has 0 unspecified atom stereocenters. The van der Waals surface area contributed by atoms with Gasteiger partial charge in [0, 0.05) is 32.5 Å². The third-order valence-electron chi connectivity index (χ3n) is 1.96. The predicted octanol–water partition coefficient (Wildman–Crippen LogP) is 1.85. The van der Waals surface area contributed by atoms with Crippen LogP contribution in [0.25, 0.3) is 0 Å². The van der Waals surface area contributed by atoms with Crippen LogP contribution in [-0.2, 0) is 14.3 Å². The maximum Gasteiger partial charge on any atom is 0.330 e. The Morgan fingerprint density at radius 3 is 2.47 bits per heavy atom. The number of rotatable bonds is 10. The summed E-state index contributed by atoms with van der Waals surface area (Å²) in [4.78, 5) is 10.4. The molecule has 0 radical (unpaired) electrons. The number of carboxylic acid groups (broad SMARTS) is 1. The number of carbonyl (C=O) groups is 1. The number of ether oxygens (including phenoxy) is 2. The Hall–Kier alpha value is -0.870. The van der Waals surface area contributed by atoms with Crippen molar-refractivity contribution in [3.63, 3.8) is 0 Å². The van der Waals surface area contributed by atoms with Crippen LogP contribution in [0.4, 0.5) is 0 Å². The number of methoxy groups -OCH3 is 1. The molecule has 4 nitrogen and oxygen atoms in total. The highest BCUT2D eigenvalue weighted by atomic mass is 16.5. The maximum atomic E-state index is 10.4. The third-order valence-corrected chi connectivity index (χ3v) is 1.96. The van der Waals surface area contributed by atoms with Gasteiger partial charge in [-0.3, -0.25) is 0 Å². The van der Waals surface area contributed by atoms with Crippen LogP contribution in [0.15, 0.2) is 12.2 Å². The van der Waals surface area contributed by atoms with Crippen LogP contribution >= 0.6 is 0 Å². The lowest BCUT2D eigenvalue weighted by molar-refractivity contribution is -0.132. The van der Waals surface area contributed by atoms with Crippen molar-refractivity contribution in [3.05, 3.63) is 12.2 Å². The minimum atomic E-state index is -0.906. The van der Waals surface area contributed by atoms with E-state index in [-0.39, 0.29) is 5.57 Å². The first-order valence-electron chi connectivity index (χ1n) is 5.16. The van der Waals surface area contributed by atoms with Gasteiger partial charge in [-0.25, -0.2) is 4.79 Å². The van der Waals surface area contributed by atoms with Crippen molar-refractivity contribution in [2.75, 3.05) is 26.9 Å². The summed E-state index contributed by atoms with van der Waals surface area (Å²) in [7, 11) is 1.66. The number of carboxylic acids is 1. The number of aliphatic carboxylic acids is 1. The van der Waals surface area contributed by atoms with Crippen molar-refractivity contribution in [1.29, 1.82) is 0 Å². The van der Waals surface area contributed by atoms with Gasteiger partial charge in [0.2, 0.25) is 0 Å². The van der Waals surface area contributed by atoms with Gasteiger partial charge in [0.15, 0.2) is 0 Å². The Morgan fingerprint density at radius 1 is 1.20 bits per heavy atom. The average molecular weight is 216 g/mol. The Labute approximate surface area is 90.9 Å². The number of hydrogen-bond acceptors (Lipinski definition) is 3. The molecule has 4 heteroatoms. The topological polar surface area (TPSA) is 55.8 Å². The largest absolute Gasteiger partial charge is 0.478 e. The van der Waals surface area contributed by atoms with Gasteiger partial charge < -0.3 is 14.6 Å². The molecule has 0 spiro atoms. The van der Waals surface area contributed by atoms with Crippen LogP contribution in [0.5, 0.6) is 0 Å². The van der Waals surface area contributed by atoms with Crippen LogP contribution in [0.3, 0.4) is 0 Å². The van der Waals surface area contributed by atoms with E-state index in [1.165, 1.54) is 0 Å². The van der Waals surface area contributed by atoms with Crippen molar-refractivity contribution in [2.45, 2.75) is 25.7 Å². The zero-order valence-electron chi connectivity index (χ0n) is 9.33. The fraction of sp³-hybridized carbons (Fsp3) is 0.727. The quantitative estimate of drug-likeness (QED) is 0.447. The first kappa shape index (κ1) is 14.1. The van der Waals surface area contributed by atoms with Gasteiger partial charge in [0.1, 0.15) is 0 Å². The summed E-state index contributed by atoms with van der Waals surface area (Å²) in [5, 5.41) is 8.54. The van der Waals surface area contributed by atoms with Crippen LogP contribution in [0.2, 0.25) is 0 Å². The second kappa shape index (κ2) is 9.68. The zero-order valence-corrected chi connectivity index (χ0v) is 9.33. The fourth-order valence-electron chi connectivity index (χ4n) is 1.06. The average Bonchev–Trinajstić information content (AvgIpc) is 2.21. The highest BCUT2D eigenvalue weighted by molar-refractivity contribution is 5.85. The van der Waals surface area contributed by atoms with Gasteiger partial charge in [-0.2, -0.15) is 0 Å². The normalized spacial score (nSPS) is 10.2. The summed E-state index contributed by atoms with van der Waals surface area (Å²) in [6.45, 7) is 5.55. The number of hydrogen-bond donors (Lipinski definition) is 1. The van der Waals surface area contributed by atoms with E-state index in [0.717, 1.165) is 25.9 Å². The minimum absolute atomic E-state index is 0.273. The van der Waals surface area contributed by atoms with Crippen molar-refractivity contribution in [3.8, 4) is 0 Å². The van der Waals surface area contributed by atoms with Gasteiger partial charge in [-0.15, -0.1) is 0 Å². The van der Waals surface area contributed by atoms with E-state index in [0.29, 0.717) is 19.6 Å². The van der Waals surface area contributed by atoms with E-state index < -0.39 is 5.97 Å². The van der Waals surface area contributed by atoms with Gasteiger partial charge in [-0.1, -0.05) is 6.58 Å². The molecule has 15 heavy (non-hydrogen) atoms. The first-order valence-corrected chi connectivity index (χ1v) is 5.16. The molecule has 0 amide bonds. The molecule has 0 rings (SSSR count). The van der Waals surface area contributed by atoms with Crippen LogP contribution in [0, 0.1) is 0 Å². The fourth-order valence-corrected chi connectivity index (χ4v) is 1.06. The van der Waals surface area contributed by atoms with E-state index in [2.05, 4.69) is 6.58 Å². The standard InChI is InChI=1S/C11H20O4/c1-10(11(12)13)6-3-4-8-15-9-5-7-14-2/h1,3-9H2,2H3,(H,12,13). The summed E-state index contributed by atoms with van der Waals surface area (Å²) in [5.41, 5.74) is 0.273. The second-order valence-corrected chi connectivity index (χ2v) is 3.32. The molecular weight excluding hydrogens is 196 g/mol. The molecule has 88 valence electrons. The highest BCUT2D eigenvalue weighted by Gasteiger charge is 2.02. The minimum Gasteiger partial charge on any atom is -0.478 e. The first-order chi connectivity index (χ1) is 7.18. The summed E-state index contributed by atoms with van der Waals surface area (Å²) in [6.07, 6.45) is 3.13. The summed E-state index contributed by atoms with van der Waals surface area (Å²) >= 11 is 0. The van der Waals surface area contributed by atoms with E-state index >= 15 is 0 Å². The zero-order chi connectivity index (χ0) is 11.5. The smallest absolute Gasteiger partial charge is 0.330 e. The molecule has 0 aromatic heterocycles. The molecule has 0 aliphatic heterocycles. The third kappa shape index (κ3) is 9.43. The Morgan fingerprint density at radius 2 is 1.87 bits per heavy atom. The molecule has 0 atom stereocenters. The Balaban J connectivity index is 3.11. The van der Waals surface area contributed by atoms with Crippen molar-refractivity contribution < 1.29 is 19.4 Å². The van der Waals surface area contributed by atoms with Crippen LogP contribution in [-0.4, -0.2) is 38.0 Å². The molecule has 0 aromatic rings. The molecular formula is C11H20O4. The SMILES string of the molecule is C=C(CCCCOCCCOC)C(=O)O. The van der Waals surface area contributed by atoms with Gasteiger partial charge in [0.25, 0.3) is 0 Å². The van der Waals surface area contributed by atoms with Crippen molar-refractivity contribution in [2.24, 2.45) is 0 Å². The molecule has 0 fully saturated rings. The van der Waals surface area contributed by atoms with Gasteiger partial charge in [0.05, 0.1) is 0 Å². The molecule has 0 saturated carbocycles. The lowest BCUT2D eigenvalue weighted by Crippen LogP contribution is -2.02. The summed E-state index contributed by atoms with van der Waals surface area (Å²) in [5.74, 6) is -0.906. The maximum absolute atomic E-state index is 10.4. The molecule has 0 aliphatic carbocycles. The second-order valence-electron chi connectivity index (χ2n) is 3.32. The molecule has 0 aromatic carbocycles. The monoisotopic (exact) mass is 216 g/mol. The lowest BCUT2D eigenvalue weighted by atomic mass is 10.1. The van der Waals surface area contributed by atoms with E-state index in [1.54, 1.807) is 7.11 Å². The highest BCUT2D eigenvalue weighted by Crippen LogP contribution is 2.05. The predicted molar refractivity (Wildman–Crippen MR) is 57.9 cm³/mol. The lowest BCUT2D eigenvalue weighted by Gasteiger charge is -2.03. The van der Waals surface area contributed by atoms with Gasteiger partial charge >= 0.3 is 5.97 Å². The van der Waals surface area contributed by atoms with Crippen LogP contribution in [0.1, 0.15) is 25.7 Å². The van der Waals surface area contributed by atoms with E-state index in [1.807, 2.05) is 0 Å². The van der Waals surface area contributed by atoms with Gasteiger partial charge in [-0.05, 0) is 25.7 Å². The Kier molecular flexibility index (Phi) is 9.11. The number of unbranched alkanes of at least 4 members (excludes halogenated alkanes) is 1. The van der Waals surface area contributed by atoms with Crippen LogP contribution < -0.4 is 0 Å². The molecule has 1 N–H and O–H groups in total. The van der Waals surface area contributed by atoms with E-state index in [9.17, 15) is 4.79 Å². The van der Waals surface area contributed by atoms with Crippen molar-refractivity contribution >= 4 is 5.97 Å². The molecule has 0 saturated heterocycles. The Bertz CT molecular complexity index is 189. The molecule has 0 heterocycles. The van der Waals surface area contributed by atoms with Crippen molar-refractivity contribution in [1.82, 2.24) is 0 Å². The van der Waals surface area contributed by atoms with E-state index in [4.69, 9.17) is 14.6 Å². The summed E-state index contributed by atoms with van der Waals surface area (Å²) < 4.78 is 10.2. The molecule has 0 bridgehead atoms. The summed E-state index contributed by atoms with van der Waals surface area (Å²) in [6, 6.07) is 0.